The summed E-state index contributed by atoms with van der Waals surface area (Å²) in [6.07, 6.45) is 0. The van der Waals surface area contributed by atoms with Crippen molar-refractivity contribution in [3.8, 4) is 61.7 Å². The molecule has 0 amide bonds. The average Bonchev–Trinajstić information content (AvgIpc) is 3.80. The van der Waals surface area contributed by atoms with E-state index in [1.54, 1.807) is 0 Å². The predicted octanol–water partition coefficient (Wildman–Crippen LogP) is 12.2. The summed E-state index contributed by atoms with van der Waals surface area (Å²) in [6, 6.07) is 62.7. The molecule has 0 aliphatic heterocycles. The molecule has 0 bridgehead atoms. The van der Waals surface area contributed by atoms with E-state index in [-0.39, 0.29) is 0 Å². The highest BCUT2D eigenvalue weighted by Gasteiger charge is 2.26. The van der Waals surface area contributed by atoms with Crippen LogP contribution in [0.2, 0.25) is 0 Å². The van der Waals surface area contributed by atoms with Crippen LogP contribution in [0.1, 0.15) is 0 Å². The third kappa shape index (κ3) is 4.06. The molecule has 0 unspecified atom stereocenters. The molecule has 250 valence electrons. The van der Waals surface area contributed by atoms with E-state index < -0.39 is 0 Å². The van der Waals surface area contributed by atoms with E-state index >= 15 is 0 Å². The number of rotatable bonds is 4. The molecule has 0 N–H and O–H groups in total. The third-order valence-electron chi connectivity index (χ3n) is 11.1. The highest BCUT2D eigenvalue weighted by molar-refractivity contribution is 6.30. The first-order chi connectivity index (χ1) is 26.8. The van der Waals surface area contributed by atoms with E-state index in [1.165, 1.54) is 54.9 Å². The van der Waals surface area contributed by atoms with Gasteiger partial charge in [-0.25, -0.2) is 4.98 Å². The third-order valence-corrected chi connectivity index (χ3v) is 11.1. The SMILES string of the molecule is c1ccc(-c2ccc(-c3nc4nc(-c5ccccc5-n5c6cccc7c6c6c8c(cccc8ccc65)-c5ccccc5-7)nn4c4ccccc34)cc2)cc1. The highest BCUT2D eigenvalue weighted by atomic mass is 15.3. The first kappa shape index (κ1) is 29.2. The fourth-order valence-corrected chi connectivity index (χ4v) is 8.79. The standard InChI is InChI=1S/C49H29N5/c1-2-12-30(13-3-1)31-24-26-33(27-25-31)47-38-17-6-9-22-41(38)54-49(50-47)51-48(52-54)39-18-7-8-21-40(39)53-42-23-11-20-37-35-16-5-4-15-34(35)36-19-10-14-32-28-29-43(53)46(44(32)36)45(37)42/h1-29H. The van der Waals surface area contributed by atoms with Crippen molar-refractivity contribution in [2.24, 2.45) is 0 Å². The smallest absolute Gasteiger partial charge is 0.253 e. The summed E-state index contributed by atoms with van der Waals surface area (Å²) in [5.74, 6) is 1.19. The van der Waals surface area contributed by atoms with E-state index in [0.717, 1.165) is 44.4 Å². The molecule has 0 atom stereocenters. The van der Waals surface area contributed by atoms with E-state index in [0.29, 0.717) is 11.6 Å². The van der Waals surface area contributed by atoms with Crippen molar-refractivity contribution in [3.63, 3.8) is 0 Å². The number of benzene rings is 8. The molecule has 12 rings (SSSR count). The first-order valence-corrected chi connectivity index (χ1v) is 18.3. The topological polar surface area (TPSA) is 48.0 Å². The summed E-state index contributed by atoms with van der Waals surface area (Å²) >= 11 is 0. The molecular formula is C49H29N5. The van der Waals surface area contributed by atoms with Crippen molar-refractivity contribution in [2.75, 3.05) is 0 Å². The van der Waals surface area contributed by atoms with Crippen LogP contribution in [-0.4, -0.2) is 24.1 Å². The van der Waals surface area contributed by atoms with Crippen LogP contribution in [0.25, 0.3) is 111 Å². The number of hydrogen-bond donors (Lipinski definition) is 0. The lowest BCUT2D eigenvalue weighted by Gasteiger charge is -2.15. The largest absolute Gasteiger partial charge is 0.308 e. The van der Waals surface area contributed by atoms with Crippen LogP contribution in [0.4, 0.5) is 0 Å². The summed E-state index contributed by atoms with van der Waals surface area (Å²) < 4.78 is 4.30. The maximum atomic E-state index is 5.18. The van der Waals surface area contributed by atoms with E-state index in [4.69, 9.17) is 15.1 Å². The Morgan fingerprint density at radius 3 is 1.81 bits per heavy atom. The Balaban J connectivity index is 1.08. The number of fused-ring (bicyclic) bond motifs is 6. The Morgan fingerprint density at radius 2 is 0.981 bits per heavy atom. The molecule has 0 spiro atoms. The van der Waals surface area contributed by atoms with Crippen LogP contribution in [0.15, 0.2) is 176 Å². The zero-order valence-corrected chi connectivity index (χ0v) is 29.0. The van der Waals surface area contributed by atoms with Gasteiger partial charge in [0, 0.05) is 27.3 Å². The molecule has 0 fully saturated rings. The van der Waals surface area contributed by atoms with E-state index in [1.807, 2.05) is 10.6 Å². The van der Waals surface area contributed by atoms with Gasteiger partial charge in [0.2, 0.25) is 0 Å². The Hall–Kier alpha value is -7.37. The fraction of sp³-hybridized carbons (Fsp3) is 0. The Morgan fingerprint density at radius 1 is 0.370 bits per heavy atom. The van der Waals surface area contributed by atoms with Crippen LogP contribution in [0, 0.1) is 0 Å². The normalized spacial score (nSPS) is 12.1. The molecule has 1 aliphatic carbocycles. The summed E-state index contributed by atoms with van der Waals surface area (Å²) in [5.41, 5.74) is 14.6. The number of hydrogen-bond acceptors (Lipinski definition) is 3. The molecular weight excluding hydrogens is 659 g/mol. The van der Waals surface area contributed by atoms with Gasteiger partial charge in [0.25, 0.3) is 5.78 Å². The van der Waals surface area contributed by atoms with Crippen LogP contribution in [0.3, 0.4) is 0 Å². The highest BCUT2D eigenvalue weighted by Crippen LogP contribution is 2.50. The van der Waals surface area contributed by atoms with Gasteiger partial charge in [-0.05, 0) is 74.5 Å². The molecule has 3 heterocycles. The molecule has 0 saturated heterocycles. The second kappa shape index (κ2) is 11.1. The second-order valence-corrected chi connectivity index (χ2v) is 14.0. The maximum absolute atomic E-state index is 5.18. The van der Waals surface area contributed by atoms with Crippen molar-refractivity contribution in [1.82, 2.24) is 24.1 Å². The summed E-state index contributed by atoms with van der Waals surface area (Å²) in [6.45, 7) is 0. The zero-order chi connectivity index (χ0) is 35.3. The molecule has 5 nitrogen and oxygen atoms in total. The Bertz CT molecular complexity index is 3320. The molecule has 1 aliphatic rings. The molecule has 0 radical (unpaired) electrons. The van der Waals surface area contributed by atoms with Gasteiger partial charge in [-0.3, -0.25) is 0 Å². The van der Waals surface area contributed by atoms with Gasteiger partial charge in [-0.2, -0.15) is 9.50 Å². The molecule has 54 heavy (non-hydrogen) atoms. The van der Waals surface area contributed by atoms with Gasteiger partial charge in [-0.15, -0.1) is 5.10 Å². The minimum atomic E-state index is 0.562. The zero-order valence-electron chi connectivity index (χ0n) is 29.0. The minimum absolute atomic E-state index is 0.562. The van der Waals surface area contributed by atoms with Gasteiger partial charge >= 0.3 is 0 Å². The summed E-state index contributed by atoms with van der Waals surface area (Å²) in [4.78, 5) is 10.3. The van der Waals surface area contributed by atoms with Crippen molar-refractivity contribution in [2.45, 2.75) is 0 Å². The average molecular weight is 688 g/mol. The number of aromatic nitrogens is 5. The number of para-hydroxylation sites is 2. The lowest BCUT2D eigenvalue weighted by atomic mass is 9.93. The van der Waals surface area contributed by atoms with Crippen LogP contribution in [-0.2, 0) is 0 Å². The molecule has 8 aromatic carbocycles. The fourth-order valence-electron chi connectivity index (χ4n) is 8.79. The molecule has 11 aromatic rings. The lowest BCUT2D eigenvalue weighted by molar-refractivity contribution is 0.987. The lowest BCUT2D eigenvalue weighted by Crippen LogP contribution is -1.99. The number of nitrogens with zero attached hydrogens (tertiary/aromatic N) is 5. The van der Waals surface area contributed by atoms with Crippen LogP contribution in [0.5, 0.6) is 0 Å². The molecule has 5 heteroatoms. The second-order valence-electron chi connectivity index (χ2n) is 14.0. The van der Waals surface area contributed by atoms with E-state index in [9.17, 15) is 0 Å². The van der Waals surface area contributed by atoms with Gasteiger partial charge in [0.1, 0.15) is 0 Å². The first-order valence-electron chi connectivity index (χ1n) is 18.3. The Kier molecular flexibility index (Phi) is 5.99. The quantitative estimate of drug-likeness (QED) is 0.185. The van der Waals surface area contributed by atoms with Gasteiger partial charge < -0.3 is 4.57 Å². The predicted molar refractivity (Wildman–Crippen MR) is 221 cm³/mol. The van der Waals surface area contributed by atoms with Crippen LogP contribution >= 0.6 is 0 Å². The van der Waals surface area contributed by atoms with Crippen molar-refractivity contribution in [1.29, 1.82) is 0 Å². The maximum Gasteiger partial charge on any atom is 0.253 e. The van der Waals surface area contributed by atoms with Crippen molar-refractivity contribution in [3.05, 3.63) is 176 Å². The molecule has 0 saturated carbocycles. The van der Waals surface area contributed by atoms with Crippen molar-refractivity contribution >= 4 is 49.3 Å². The molecule has 3 aromatic heterocycles. The van der Waals surface area contributed by atoms with Crippen LogP contribution < -0.4 is 0 Å². The van der Waals surface area contributed by atoms with Crippen molar-refractivity contribution < 1.29 is 0 Å². The van der Waals surface area contributed by atoms with E-state index in [2.05, 4.69) is 174 Å². The van der Waals surface area contributed by atoms with Gasteiger partial charge in [0.05, 0.1) is 27.9 Å². The summed E-state index contributed by atoms with van der Waals surface area (Å²) in [5, 5.41) is 11.3. The Labute approximate surface area is 310 Å². The van der Waals surface area contributed by atoms with Gasteiger partial charge in [0.15, 0.2) is 5.82 Å². The summed E-state index contributed by atoms with van der Waals surface area (Å²) in [7, 11) is 0. The van der Waals surface area contributed by atoms with Gasteiger partial charge in [-0.1, -0.05) is 146 Å². The minimum Gasteiger partial charge on any atom is -0.308 e. The monoisotopic (exact) mass is 687 g/mol.